The Bertz CT molecular complexity index is 478. The maximum absolute atomic E-state index is 6.23. The van der Waals surface area contributed by atoms with Crippen molar-refractivity contribution >= 4 is 0 Å². The van der Waals surface area contributed by atoms with Gasteiger partial charge in [0.25, 0.3) is 0 Å². The van der Waals surface area contributed by atoms with Gasteiger partial charge in [-0.05, 0) is 24.5 Å². The molecule has 2 aromatic rings. The molecule has 2 atom stereocenters. The van der Waals surface area contributed by atoms with Crippen LogP contribution in [-0.2, 0) is 6.42 Å². The lowest BCUT2D eigenvalue weighted by atomic mass is 9.97. The number of rotatable bonds is 2. The molecule has 0 amide bonds. The quantitative estimate of drug-likeness (QED) is 0.796. The Kier molecular flexibility index (Phi) is 2.22. The van der Waals surface area contributed by atoms with Crippen LogP contribution in [0.25, 0.3) is 0 Å². The summed E-state index contributed by atoms with van der Waals surface area (Å²) in [4.78, 5) is 11.8. The molecule has 16 heavy (non-hydrogen) atoms. The maximum Gasteiger partial charge on any atom is 0.123 e. The predicted octanol–water partition coefficient (Wildman–Crippen LogP) is 1.53. The van der Waals surface area contributed by atoms with Crippen molar-refractivity contribution < 1.29 is 0 Å². The number of imidazole rings is 1. The number of fused-ring (bicyclic) bond motifs is 1. The molecule has 0 spiro atoms. The van der Waals surface area contributed by atoms with Gasteiger partial charge in [-0.3, -0.25) is 4.98 Å². The summed E-state index contributed by atoms with van der Waals surface area (Å²) >= 11 is 0. The number of nitrogens with one attached hydrogen (secondary N) is 1. The van der Waals surface area contributed by atoms with Gasteiger partial charge in [0.2, 0.25) is 0 Å². The zero-order valence-corrected chi connectivity index (χ0v) is 8.93. The van der Waals surface area contributed by atoms with Crippen LogP contribution in [0.3, 0.4) is 0 Å². The Morgan fingerprint density at radius 3 is 3.12 bits per heavy atom. The molecular weight excluding hydrogens is 200 g/mol. The van der Waals surface area contributed by atoms with E-state index >= 15 is 0 Å². The lowest BCUT2D eigenvalue weighted by molar-refractivity contribution is 0.521. The fourth-order valence-corrected chi connectivity index (χ4v) is 2.44. The number of pyridine rings is 1. The molecule has 0 aromatic carbocycles. The molecule has 0 saturated carbocycles. The maximum atomic E-state index is 6.23. The number of H-pyrrole nitrogens is 1. The minimum Gasteiger partial charge on any atom is -0.347 e. The van der Waals surface area contributed by atoms with E-state index in [0.717, 1.165) is 24.4 Å². The Morgan fingerprint density at radius 1 is 1.38 bits per heavy atom. The zero-order valence-electron chi connectivity index (χ0n) is 8.93. The normalized spacial score (nSPS) is 20.7. The number of aromatic nitrogens is 3. The largest absolute Gasteiger partial charge is 0.347 e. The van der Waals surface area contributed by atoms with Gasteiger partial charge in [0.15, 0.2) is 0 Å². The van der Waals surface area contributed by atoms with Gasteiger partial charge >= 0.3 is 0 Å². The smallest absolute Gasteiger partial charge is 0.123 e. The molecule has 2 heterocycles. The van der Waals surface area contributed by atoms with E-state index < -0.39 is 0 Å². The molecule has 0 radical (unpaired) electrons. The SMILES string of the molecule is NC(c1ncc[nH]1)C1CCc2cccnc21. The van der Waals surface area contributed by atoms with E-state index in [-0.39, 0.29) is 6.04 Å². The van der Waals surface area contributed by atoms with Crippen molar-refractivity contribution in [2.24, 2.45) is 5.73 Å². The highest BCUT2D eigenvalue weighted by molar-refractivity contribution is 5.30. The highest BCUT2D eigenvalue weighted by Gasteiger charge is 2.30. The van der Waals surface area contributed by atoms with Crippen molar-refractivity contribution in [1.29, 1.82) is 0 Å². The van der Waals surface area contributed by atoms with E-state index in [1.54, 1.807) is 6.20 Å². The minimum absolute atomic E-state index is 0.0776. The van der Waals surface area contributed by atoms with E-state index in [0.29, 0.717) is 5.92 Å². The van der Waals surface area contributed by atoms with Gasteiger partial charge < -0.3 is 10.7 Å². The molecule has 4 nitrogen and oxygen atoms in total. The number of hydrogen-bond donors (Lipinski definition) is 2. The summed E-state index contributed by atoms with van der Waals surface area (Å²) in [7, 11) is 0. The fraction of sp³-hybridized carbons (Fsp3) is 0.333. The second-order valence-corrected chi connectivity index (χ2v) is 4.19. The van der Waals surface area contributed by atoms with Crippen molar-refractivity contribution in [2.45, 2.75) is 24.8 Å². The Morgan fingerprint density at radius 2 is 2.31 bits per heavy atom. The summed E-state index contributed by atoms with van der Waals surface area (Å²) in [6, 6.07) is 4.04. The fourth-order valence-electron chi connectivity index (χ4n) is 2.44. The van der Waals surface area contributed by atoms with Gasteiger partial charge in [-0.1, -0.05) is 6.07 Å². The first-order valence-electron chi connectivity index (χ1n) is 5.55. The number of aromatic amines is 1. The van der Waals surface area contributed by atoms with Gasteiger partial charge in [-0.15, -0.1) is 0 Å². The van der Waals surface area contributed by atoms with Crippen LogP contribution in [0, 0.1) is 0 Å². The third kappa shape index (κ3) is 1.42. The topological polar surface area (TPSA) is 67.6 Å². The van der Waals surface area contributed by atoms with Crippen LogP contribution in [0.5, 0.6) is 0 Å². The highest BCUT2D eigenvalue weighted by Crippen LogP contribution is 2.37. The Balaban J connectivity index is 1.93. The summed E-state index contributed by atoms with van der Waals surface area (Å²) < 4.78 is 0. The van der Waals surface area contributed by atoms with Crippen molar-refractivity contribution in [3.05, 3.63) is 47.8 Å². The van der Waals surface area contributed by atoms with Gasteiger partial charge in [0.05, 0.1) is 6.04 Å². The second-order valence-electron chi connectivity index (χ2n) is 4.19. The minimum atomic E-state index is -0.0776. The standard InChI is InChI=1S/C12H14N4/c13-10(12-15-6-7-16-12)9-4-3-8-2-1-5-14-11(8)9/h1-2,5-7,9-10H,3-4,13H2,(H,15,16). The molecule has 0 fully saturated rings. The van der Waals surface area contributed by atoms with E-state index in [1.165, 1.54) is 5.56 Å². The summed E-state index contributed by atoms with van der Waals surface area (Å²) in [6.45, 7) is 0. The molecule has 0 aliphatic heterocycles. The Labute approximate surface area is 93.9 Å². The summed E-state index contributed by atoms with van der Waals surface area (Å²) in [5.74, 6) is 1.14. The van der Waals surface area contributed by atoms with Gasteiger partial charge in [0, 0.05) is 30.2 Å². The van der Waals surface area contributed by atoms with Crippen LogP contribution in [0.2, 0.25) is 0 Å². The first-order valence-corrected chi connectivity index (χ1v) is 5.55. The van der Waals surface area contributed by atoms with Gasteiger partial charge in [-0.25, -0.2) is 4.98 Å². The molecule has 82 valence electrons. The van der Waals surface area contributed by atoms with Crippen molar-refractivity contribution in [1.82, 2.24) is 15.0 Å². The molecule has 2 unspecified atom stereocenters. The third-order valence-electron chi connectivity index (χ3n) is 3.27. The summed E-state index contributed by atoms with van der Waals surface area (Å²) in [5.41, 5.74) is 8.70. The number of hydrogen-bond acceptors (Lipinski definition) is 3. The molecule has 3 N–H and O–H groups in total. The van der Waals surface area contributed by atoms with E-state index in [4.69, 9.17) is 5.73 Å². The molecule has 0 bridgehead atoms. The van der Waals surface area contributed by atoms with Crippen LogP contribution < -0.4 is 5.73 Å². The molecule has 0 saturated heterocycles. The Hall–Kier alpha value is -1.68. The summed E-state index contributed by atoms with van der Waals surface area (Å²) in [6.07, 6.45) is 7.52. The van der Waals surface area contributed by atoms with Crippen molar-refractivity contribution in [3.8, 4) is 0 Å². The summed E-state index contributed by atoms with van der Waals surface area (Å²) in [5, 5.41) is 0. The van der Waals surface area contributed by atoms with E-state index in [1.807, 2.05) is 18.5 Å². The van der Waals surface area contributed by atoms with E-state index in [9.17, 15) is 0 Å². The number of nitrogens with two attached hydrogens (primary N) is 1. The average molecular weight is 214 g/mol. The van der Waals surface area contributed by atoms with Crippen molar-refractivity contribution in [2.75, 3.05) is 0 Å². The lowest BCUT2D eigenvalue weighted by Gasteiger charge is -2.17. The first kappa shape index (κ1) is 9.54. The molecule has 4 heteroatoms. The molecule has 1 aliphatic carbocycles. The van der Waals surface area contributed by atoms with Crippen LogP contribution in [-0.4, -0.2) is 15.0 Å². The van der Waals surface area contributed by atoms with Crippen molar-refractivity contribution in [3.63, 3.8) is 0 Å². The molecular formula is C12H14N4. The van der Waals surface area contributed by atoms with Gasteiger partial charge in [-0.2, -0.15) is 0 Å². The predicted molar refractivity (Wildman–Crippen MR) is 60.8 cm³/mol. The van der Waals surface area contributed by atoms with Crippen LogP contribution in [0.4, 0.5) is 0 Å². The third-order valence-corrected chi connectivity index (χ3v) is 3.27. The number of nitrogens with zero attached hydrogens (tertiary/aromatic N) is 2. The zero-order chi connectivity index (χ0) is 11.0. The number of aryl methyl sites for hydroxylation is 1. The molecule has 1 aliphatic rings. The van der Waals surface area contributed by atoms with Crippen LogP contribution in [0.1, 0.15) is 35.5 Å². The molecule has 3 rings (SSSR count). The second kappa shape index (κ2) is 3.72. The van der Waals surface area contributed by atoms with Crippen LogP contribution >= 0.6 is 0 Å². The van der Waals surface area contributed by atoms with Gasteiger partial charge in [0.1, 0.15) is 5.82 Å². The molecule has 2 aromatic heterocycles. The van der Waals surface area contributed by atoms with E-state index in [2.05, 4.69) is 21.0 Å². The average Bonchev–Trinajstić information content (AvgIpc) is 2.98. The highest BCUT2D eigenvalue weighted by atomic mass is 14.9. The van der Waals surface area contributed by atoms with Crippen LogP contribution in [0.15, 0.2) is 30.7 Å². The lowest BCUT2D eigenvalue weighted by Crippen LogP contribution is -2.20. The first-order chi connectivity index (χ1) is 7.86. The monoisotopic (exact) mass is 214 g/mol.